The topological polar surface area (TPSA) is 50.7 Å². The summed E-state index contributed by atoms with van der Waals surface area (Å²) in [5.74, 6) is 0.825. The number of benzene rings is 1. The average molecular weight is 361 g/mol. The number of carbonyl (C=O) groups excluding carboxylic acids is 1. The Morgan fingerprint density at radius 1 is 0.923 bits per heavy atom. The van der Waals surface area contributed by atoms with Crippen LogP contribution in [0.1, 0.15) is 90.0 Å². The third-order valence-electron chi connectivity index (χ3n) is 4.58. The van der Waals surface area contributed by atoms with E-state index in [-0.39, 0.29) is 5.91 Å². The molecule has 0 aromatic heterocycles. The third kappa shape index (κ3) is 9.59. The lowest BCUT2D eigenvalue weighted by Crippen LogP contribution is -2.19. The molecule has 0 atom stereocenters. The van der Waals surface area contributed by atoms with Crippen LogP contribution in [0.25, 0.3) is 0 Å². The van der Waals surface area contributed by atoms with E-state index in [1.165, 1.54) is 44.9 Å². The highest BCUT2D eigenvalue weighted by molar-refractivity contribution is 6.00. The summed E-state index contributed by atoms with van der Waals surface area (Å²) < 4.78 is 5.17. The Morgan fingerprint density at radius 2 is 1.50 bits per heavy atom. The van der Waals surface area contributed by atoms with Gasteiger partial charge in [-0.05, 0) is 42.7 Å². The summed E-state index contributed by atoms with van der Waals surface area (Å²) in [5.41, 5.74) is 4.60. The minimum Gasteiger partial charge on any atom is -0.497 e. The van der Waals surface area contributed by atoms with Crippen LogP contribution >= 0.6 is 0 Å². The predicted molar refractivity (Wildman–Crippen MR) is 110 cm³/mol. The summed E-state index contributed by atoms with van der Waals surface area (Å²) in [6.45, 7) is 4.28. The van der Waals surface area contributed by atoms with Crippen molar-refractivity contribution in [2.24, 2.45) is 5.10 Å². The van der Waals surface area contributed by atoms with E-state index < -0.39 is 0 Å². The van der Waals surface area contributed by atoms with Crippen LogP contribution in [-0.2, 0) is 4.79 Å². The molecule has 4 heteroatoms. The molecular weight excluding hydrogens is 324 g/mol. The lowest BCUT2D eigenvalue weighted by molar-refractivity contribution is -0.121. The number of hydrogen-bond acceptors (Lipinski definition) is 3. The Labute approximate surface area is 159 Å². The summed E-state index contributed by atoms with van der Waals surface area (Å²) in [6, 6.07) is 7.75. The van der Waals surface area contributed by atoms with Crippen molar-refractivity contribution in [2.75, 3.05) is 7.11 Å². The van der Waals surface area contributed by atoms with Crippen LogP contribution in [0.2, 0.25) is 0 Å². The van der Waals surface area contributed by atoms with Gasteiger partial charge in [0.15, 0.2) is 0 Å². The second-order valence-electron chi connectivity index (χ2n) is 6.75. The highest BCUT2D eigenvalue weighted by atomic mass is 16.5. The van der Waals surface area contributed by atoms with E-state index in [1.807, 2.05) is 31.2 Å². The van der Waals surface area contributed by atoms with Gasteiger partial charge >= 0.3 is 0 Å². The first kappa shape index (κ1) is 22.2. The molecule has 0 heterocycles. The second-order valence-corrected chi connectivity index (χ2v) is 6.75. The first-order valence-electron chi connectivity index (χ1n) is 10.2. The van der Waals surface area contributed by atoms with Crippen molar-refractivity contribution in [3.05, 3.63) is 29.8 Å². The first-order valence-corrected chi connectivity index (χ1v) is 10.2. The van der Waals surface area contributed by atoms with Gasteiger partial charge < -0.3 is 4.74 Å². The first-order chi connectivity index (χ1) is 12.7. The molecule has 0 aliphatic carbocycles. The van der Waals surface area contributed by atoms with Gasteiger partial charge in [0.1, 0.15) is 5.75 Å². The summed E-state index contributed by atoms with van der Waals surface area (Å²) in [7, 11) is 1.65. The molecule has 0 aliphatic heterocycles. The number of unbranched alkanes of at least 4 members (excludes halogenated alkanes) is 8. The molecule has 0 aliphatic rings. The van der Waals surface area contributed by atoms with E-state index in [0.717, 1.165) is 36.3 Å². The van der Waals surface area contributed by atoms with Gasteiger partial charge in [-0.1, -0.05) is 65.2 Å². The monoisotopic (exact) mass is 360 g/mol. The van der Waals surface area contributed by atoms with Crippen molar-refractivity contribution in [2.45, 2.75) is 84.5 Å². The van der Waals surface area contributed by atoms with Crippen molar-refractivity contribution in [3.63, 3.8) is 0 Å². The van der Waals surface area contributed by atoms with Crippen LogP contribution in [0.3, 0.4) is 0 Å². The maximum Gasteiger partial charge on any atom is 0.240 e. The Balaban J connectivity index is 2.21. The van der Waals surface area contributed by atoms with Gasteiger partial charge in [0, 0.05) is 6.42 Å². The van der Waals surface area contributed by atoms with Gasteiger partial charge in [-0.15, -0.1) is 0 Å². The molecule has 0 unspecified atom stereocenters. The van der Waals surface area contributed by atoms with Crippen LogP contribution in [0.15, 0.2) is 29.4 Å². The van der Waals surface area contributed by atoms with E-state index >= 15 is 0 Å². The van der Waals surface area contributed by atoms with Crippen molar-refractivity contribution >= 4 is 11.6 Å². The molecule has 1 aromatic carbocycles. The Hall–Kier alpha value is -1.84. The Bertz CT molecular complexity index is 523. The molecular formula is C22H36N2O2. The molecule has 0 radical (unpaired) electrons. The lowest BCUT2D eigenvalue weighted by atomic mass is 10.1. The maximum atomic E-state index is 12.0. The number of ether oxygens (including phenoxy) is 1. The summed E-state index contributed by atoms with van der Waals surface area (Å²) >= 11 is 0. The van der Waals surface area contributed by atoms with Gasteiger partial charge in [0.2, 0.25) is 5.91 Å². The molecule has 1 rings (SSSR count). The maximum absolute atomic E-state index is 12.0. The molecule has 1 N–H and O–H groups in total. The Morgan fingerprint density at radius 3 is 2.04 bits per heavy atom. The number of hydrazone groups is 1. The predicted octanol–water partition coefficient (Wildman–Crippen LogP) is 5.85. The highest BCUT2D eigenvalue weighted by Gasteiger charge is 2.04. The quantitative estimate of drug-likeness (QED) is 0.257. The number of methoxy groups -OCH3 is 1. The van der Waals surface area contributed by atoms with E-state index in [9.17, 15) is 4.79 Å². The molecule has 0 spiro atoms. The van der Waals surface area contributed by atoms with Crippen molar-refractivity contribution in [1.29, 1.82) is 0 Å². The van der Waals surface area contributed by atoms with Crippen LogP contribution in [0, 0.1) is 0 Å². The van der Waals surface area contributed by atoms with E-state index in [1.54, 1.807) is 7.11 Å². The third-order valence-corrected chi connectivity index (χ3v) is 4.58. The molecule has 1 aromatic rings. The van der Waals surface area contributed by atoms with Crippen LogP contribution in [-0.4, -0.2) is 18.7 Å². The van der Waals surface area contributed by atoms with Gasteiger partial charge in [-0.3, -0.25) is 4.79 Å². The normalized spacial score (nSPS) is 11.4. The van der Waals surface area contributed by atoms with Gasteiger partial charge in [0.05, 0.1) is 12.8 Å². The average Bonchev–Trinajstić information content (AvgIpc) is 2.67. The van der Waals surface area contributed by atoms with Gasteiger partial charge in [-0.2, -0.15) is 5.10 Å². The zero-order valence-corrected chi connectivity index (χ0v) is 16.9. The molecule has 0 saturated heterocycles. The van der Waals surface area contributed by atoms with Gasteiger partial charge in [-0.25, -0.2) is 5.43 Å². The zero-order valence-electron chi connectivity index (χ0n) is 16.9. The van der Waals surface area contributed by atoms with Crippen molar-refractivity contribution in [3.8, 4) is 5.75 Å². The highest BCUT2D eigenvalue weighted by Crippen LogP contribution is 2.13. The van der Waals surface area contributed by atoms with Crippen LogP contribution in [0.5, 0.6) is 5.75 Å². The van der Waals surface area contributed by atoms with E-state index in [2.05, 4.69) is 17.5 Å². The van der Waals surface area contributed by atoms with Gasteiger partial charge in [0.25, 0.3) is 0 Å². The smallest absolute Gasteiger partial charge is 0.240 e. The molecule has 26 heavy (non-hydrogen) atoms. The molecule has 146 valence electrons. The molecule has 0 fully saturated rings. The van der Waals surface area contributed by atoms with E-state index in [0.29, 0.717) is 6.42 Å². The van der Waals surface area contributed by atoms with Crippen molar-refractivity contribution in [1.82, 2.24) is 5.43 Å². The SMILES string of the molecule is CCCCCCCCCCCC(=O)NN=C(CC)c1ccc(OC)cc1. The minimum atomic E-state index is 0.00686. The Kier molecular flexibility index (Phi) is 12.2. The number of hydrogen-bond donors (Lipinski definition) is 1. The summed E-state index contributed by atoms with van der Waals surface area (Å²) in [5, 5.41) is 4.30. The number of amides is 1. The summed E-state index contributed by atoms with van der Waals surface area (Å²) in [4.78, 5) is 12.0. The standard InChI is InChI=1S/C22H36N2O2/c1-4-6-7-8-9-10-11-12-13-14-22(25)24-23-21(5-2)19-15-17-20(26-3)18-16-19/h15-18H,4-14H2,1-3H3,(H,24,25). The van der Waals surface area contributed by atoms with Crippen LogP contribution in [0.4, 0.5) is 0 Å². The fraction of sp³-hybridized carbons (Fsp3) is 0.636. The second kappa shape index (κ2) is 14.3. The zero-order chi connectivity index (χ0) is 19.0. The minimum absolute atomic E-state index is 0.00686. The van der Waals surface area contributed by atoms with Crippen LogP contribution < -0.4 is 10.2 Å². The molecule has 0 bridgehead atoms. The van der Waals surface area contributed by atoms with Crippen molar-refractivity contribution < 1.29 is 9.53 Å². The fourth-order valence-corrected chi connectivity index (χ4v) is 2.91. The van der Waals surface area contributed by atoms with E-state index in [4.69, 9.17) is 4.74 Å². The molecule has 0 saturated carbocycles. The fourth-order valence-electron chi connectivity index (χ4n) is 2.91. The number of rotatable bonds is 14. The number of nitrogens with one attached hydrogen (secondary N) is 1. The molecule has 4 nitrogen and oxygen atoms in total. The number of nitrogens with zero attached hydrogens (tertiary/aromatic N) is 1. The summed E-state index contributed by atoms with van der Waals surface area (Å²) in [6.07, 6.45) is 12.6. The molecule has 1 amide bonds. The lowest BCUT2D eigenvalue weighted by Gasteiger charge is -2.07. The largest absolute Gasteiger partial charge is 0.497 e. The number of carbonyl (C=O) groups is 1.